The van der Waals surface area contributed by atoms with Crippen LogP contribution in [-0.4, -0.2) is 30.1 Å². The number of anilines is 2. The third-order valence-electron chi connectivity index (χ3n) is 4.12. The standard InChI is InChI=1S/C18H13BrClN3O3/c19-10-1-6-14-13(9-10)15(20)16(22-14)17(24)21-11-2-4-12(5-3-11)23-7-8-26-18(23)25/h1-6,9,22H,7-8H2,(H,21,24). The molecule has 2 heterocycles. The fraction of sp³-hybridized carbons (Fsp3) is 0.111. The Morgan fingerprint density at radius 3 is 2.69 bits per heavy atom. The summed E-state index contributed by atoms with van der Waals surface area (Å²) >= 11 is 9.74. The Bertz CT molecular complexity index is 1020. The van der Waals surface area contributed by atoms with Gasteiger partial charge in [-0.05, 0) is 42.5 Å². The highest BCUT2D eigenvalue weighted by molar-refractivity contribution is 9.10. The quantitative estimate of drug-likeness (QED) is 0.622. The molecular weight excluding hydrogens is 422 g/mol. The largest absolute Gasteiger partial charge is 0.447 e. The highest BCUT2D eigenvalue weighted by atomic mass is 79.9. The van der Waals surface area contributed by atoms with Crippen molar-refractivity contribution in [3.63, 3.8) is 0 Å². The van der Waals surface area contributed by atoms with Gasteiger partial charge in [0.1, 0.15) is 12.3 Å². The first kappa shape index (κ1) is 16.9. The average molecular weight is 435 g/mol. The molecule has 8 heteroatoms. The molecule has 0 saturated carbocycles. The summed E-state index contributed by atoms with van der Waals surface area (Å²) < 4.78 is 5.80. The molecule has 1 fully saturated rings. The van der Waals surface area contributed by atoms with Gasteiger partial charge in [0.2, 0.25) is 0 Å². The second-order valence-corrected chi connectivity index (χ2v) is 7.06. The average Bonchev–Trinajstić information content (AvgIpc) is 3.19. The summed E-state index contributed by atoms with van der Waals surface area (Å²) in [7, 11) is 0. The van der Waals surface area contributed by atoms with Gasteiger partial charge in [0.05, 0.1) is 11.6 Å². The maximum absolute atomic E-state index is 12.6. The van der Waals surface area contributed by atoms with Crippen LogP contribution in [-0.2, 0) is 4.74 Å². The fourth-order valence-corrected chi connectivity index (χ4v) is 3.48. The number of amides is 2. The molecule has 6 nitrogen and oxygen atoms in total. The Labute approximate surface area is 162 Å². The lowest BCUT2D eigenvalue weighted by atomic mass is 10.2. The minimum Gasteiger partial charge on any atom is -0.447 e. The molecule has 0 aliphatic carbocycles. The van der Waals surface area contributed by atoms with Crippen LogP contribution in [0.1, 0.15) is 10.5 Å². The molecule has 4 rings (SSSR count). The van der Waals surface area contributed by atoms with Gasteiger partial charge in [-0.2, -0.15) is 0 Å². The van der Waals surface area contributed by atoms with Gasteiger partial charge in [-0.15, -0.1) is 0 Å². The Balaban J connectivity index is 1.55. The maximum Gasteiger partial charge on any atom is 0.414 e. The normalized spacial score (nSPS) is 13.9. The van der Waals surface area contributed by atoms with Crippen LogP contribution >= 0.6 is 27.5 Å². The minimum atomic E-state index is -0.363. The number of aromatic nitrogens is 1. The summed E-state index contributed by atoms with van der Waals surface area (Å²) in [5.74, 6) is -0.337. The van der Waals surface area contributed by atoms with E-state index in [0.717, 1.165) is 21.1 Å². The van der Waals surface area contributed by atoms with E-state index in [9.17, 15) is 9.59 Å². The van der Waals surface area contributed by atoms with E-state index < -0.39 is 0 Å². The first-order chi connectivity index (χ1) is 12.5. The van der Waals surface area contributed by atoms with Crippen molar-refractivity contribution in [2.24, 2.45) is 0 Å². The van der Waals surface area contributed by atoms with E-state index in [-0.39, 0.29) is 12.0 Å². The molecule has 2 N–H and O–H groups in total. The Morgan fingerprint density at radius 2 is 2.00 bits per heavy atom. The zero-order chi connectivity index (χ0) is 18.3. The second kappa shape index (κ2) is 6.66. The predicted octanol–water partition coefficient (Wildman–Crippen LogP) is 4.79. The first-order valence-corrected chi connectivity index (χ1v) is 9.02. The molecule has 132 valence electrons. The Hall–Kier alpha value is -2.51. The molecule has 0 unspecified atom stereocenters. The van der Waals surface area contributed by atoms with Crippen LogP contribution in [0.2, 0.25) is 5.02 Å². The van der Waals surface area contributed by atoms with Crippen LogP contribution in [0.4, 0.5) is 16.2 Å². The summed E-state index contributed by atoms with van der Waals surface area (Å²) in [6.07, 6.45) is -0.363. The minimum absolute atomic E-state index is 0.298. The van der Waals surface area contributed by atoms with E-state index in [4.69, 9.17) is 16.3 Å². The number of carbonyl (C=O) groups is 2. The van der Waals surface area contributed by atoms with E-state index in [2.05, 4.69) is 26.2 Å². The molecule has 0 spiro atoms. The van der Waals surface area contributed by atoms with Gasteiger partial charge in [-0.25, -0.2) is 4.79 Å². The summed E-state index contributed by atoms with van der Waals surface area (Å²) in [5.41, 5.74) is 2.40. The third kappa shape index (κ3) is 3.04. The molecule has 1 saturated heterocycles. The molecule has 0 radical (unpaired) electrons. The highest BCUT2D eigenvalue weighted by Gasteiger charge is 2.23. The molecule has 1 aliphatic rings. The van der Waals surface area contributed by atoms with Gasteiger partial charge in [-0.3, -0.25) is 9.69 Å². The van der Waals surface area contributed by atoms with Gasteiger partial charge in [0.25, 0.3) is 5.91 Å². The monoisotopic (exact) mass is 433 g/mol. The molecule has 0 atom stereocenters. The van der Waals surface area contributed by atoms with E-state index in [1.54, 1.807) is 24.3 Å². The molecule has 3 aromatic rings. The number of nitrogens with one attached hydrogen (secondary N) is 2. The van der Waals surface area contributed by atoms with Crippen LogP contribution in [0.15, 0.2) is 46.9 Å². The van der Waals surface area contributed by atoms with E-state index in [1.165, 1.54) is 4.90 Å². The van der Waals surface area contributed by atoms with Crippen LogP contribution in [0.25, 0.3) is 10.9 Å². The van der Waals surface area contributed by atoms with Crippen LogP contribution in [0, 0.1) is 0 Å². The number of nitrogens with zero attached hydrogens (tertiary/aromatic N) is 1. The summed E-state index contributed by atoms with van der Waals surface area (Å²) in [5, 5.41) is 3.95. The molecule has 2 aromatic carbocycles. The molecule has 0 bridgehead atoms. The van der Waals surface area contributed by atoms with Crippen LogP contribution in [0.5, 0.6) is 0 Å². The second-order valence-electron chi connectivity index (χ2n) is 5.77. The lowest BCUT2D eigenvalue weighted by molar-refractivity contribution is 0.102. The highest BCUT2D eigenvalue weighted by Crippen LogP contribution is 2.30. The van der Waals surface area contributed by atoms with E-state index in [0.29, 0.717) is 29.6 Å². The number of ether oxygens (including phenoxy) is 1. The van der Waals surface area contributed by atoms with Crippen molar-refractivity contribution in [3.05, 3.63) is 57.7 Å². The smallest absolute Gasteiger partial charge is 0.414 e. The lowest BCUT2D eigenvalue weighted by Crippen LogP contribution is -2.23. The van der Waals surface area contributed by atoms with Gasteiger partial charge < -0.3 is 15.0 Å². The van der Waals surface area contributed by atoms with Crippen molar-refractivity contribution < 1.29 is 14.3 Å². The van der Waals surface area contributed by atoms with Gasteiger partial charge in [-0.1, -0.05) is 27.5 Å². The first-order valence-electron chi connectivity index (χ1n) is 7.85. The van der Waals surface area contributed by atoms with Crippen molar-refractivity contribution in [3.8, 4) is 0 Å². The van der Waals surface area contributed by atoms with Gasteiger partial charge in [0, 0.05) is 26.8 Å². The van der Waals surface area contributed by atoms with Crippen LogP contribution < -0.4 is 10.2 Å². The Morgan fingerprint density at radius 1 is 1.23 bits per heavy atom. The van der Waals surface area contributed by atoms with Gasteiger partial charge >= 0.3 is 6.09 Å². The molecule has 2 amide bonds. The third-order valence-corrected chi connectivity index (χ3v) is 5.01. The predicted molar refractivity (Wildman–Crippen MR) is 104 cm³/mol. The van der Waals surface area contributed by atoms with Crippen molar-refractivity contribution in [1.82, 2.24) is 4.98 Å². The molecule has 26 heavy (non-hydrogen) atoms. The number of hydrogen-bond acceptors (Lipinski definition) is 3. The molecule has 1 aromatic heterocycles. The van der Waals surface area contributed by atoms with Crippen molar-refractivity contribution in [2.75, 3.05) is 23.4 Å². The fourth-order valence-electron chi connectivity index (χ4n) is 2.83. The maximum atomic E-state index is 12.6. The van der Waals surface area contributed by atoms with Crippen molar-refractivity contribution in [2.45, 2.75) is 0 Å². The number of hydrogen-bond donors (Lipinski definition) is 2. The Kier molecular flexibility index (Phi) is 4.34. The number of benzene rings is 2. The van der Waals surface area contributed by atoms with Gasteiger partial charge in [0.15, 0.2) is 0 Å². The zero-order valence-corrected chi connectivity index (χ0v) is 15.7. The number of fused-ring (bicyclic) bond motifs is 1. The number of cyclic esters (lactones) is 1. The summed E-state index contributed by atoms with van der Waals surface area (Å²) in [4.78, 5) is 28.7. The summed E-state index contributed by atoms with van der Waals surface area (Å²) in [6.45, 7) is 0.900. The number of H-pyrrole nitrogens is 1. The van der Waals surface area contributed by atoms with Crippen molar-refractivity contribution >= 4 is 61.8 Å². The van der Waals surface area contributed by atoms with Crippen molar-refractivity contribution in [1.29, 1.82) is 0 Å². The van der Waals surface area contributed by atoms with E-state index >= 15 is 0 Å². The van der Waals surface area contributed by atoms with E-state index in [1.807, 2.05) is 18.2 Å². The summed E-state index contributed by atoms with van der Waals surface area (Å²) in [6, 6.07) is 12.6. The SMILES string of the molecule is O=C(Nc1ccc(N2CCOC2=O)cc1)c1[nH]c2ccc(Br)cc2c1Cl. The zero-order valence-electron chi connectivity index (χ0n) is 13.4. The topological polar surface area (TPSA) is 74.4 Å². The number of aromatic amines is 1. The lowest BCUT2D eigenvalue weighted by Gasteiger charge is -2.13. The molecule has 1 aliphatic heterocycles. The molecular formula is C18H13BrClN3O3. The van der Waals surface area contributed by atoms with Crippen LogP contribution in [0.3, 0.4) is 0 Å². The number of halogens is 2. The number of rotatable bonds is 3. The number of carbonyl (C=O) groups excluding carboxylic acids is 2.